The van der Waals surface area contributed by atoms with E-state index in [0.29, 0.717) is 0 Å². The summed E-state index contributed by atoms with van der Waals surface area (Å²) in [5.74, 6) is 0.917. The van der Waals surface area contributed by atoms with Gasteiger partial charge in [-0.15, -0.1) is 11.3 Å². The molecule has 3 rings (SSSR count). The van der Waals surface area contributed by atoms with Crippen LogP contribution in [0.15, 0.2) is 42.0 Å². The van der Waals surface area contributed by atoms with Gasteiger partial charge in [0, 0.05) is 6.04 Å². The van der Waals surface area contributed by atoms with E-state index >= 15 is 0 Å². The van der Waals surface area contributed by atoms with Crippen LogP contribution < -0.4 is 5.32 Å². The molecule has 19 heavy (non-hydrogen) atoms. The van der Waals surface area contributed by atoms with Crippen molar-refractivity contribution in [3.05, 3.63) is 53.2 Å². The number of hydrogen-bond acceptors (Lipinski definition) is 4. The summed E-state index contributed by atoms with van der Waals surface area (Å²) in [4.78, 5) is 9.74. The molecule has 0 bridgehead atoms. The number of nitrogens with one attached hydrogen (secondary N) is 1. The van der Waals surface area contributed by atoms with Crippen LogP contribution >= 0.6 is 11.3 Å². The Morgan fingerprint density at radius 2 is 1.95 bits per heavy atom. The van der Waals surface area contributed by atoms with E-state index in [4.69, 9.17) is 0 Å². The third kappa shape index (κ3) is 2.31. The Kier molecular flexibility index (Phi) is 3.17. The largest absolute Gasteiger partial charge is 0.363 e. The highest BCUT2D eigenvalue weighted by atomic mass is 32.1. The minimum absolute atomic E-state index is 0.221. The molecule has 0 spiro atoms. The number of benzene rings is 1. The lowest BCUT2D eigenvalue weighted by atomic mass is 10.1. The fraction of sp³-hybridized carbons (Fsp3) is 0.200. The van der Waals surface area contributed by atoms with E-state index in [1.807, 2.05) is 6.07 Å². The van der Waals surface area contributed by atoms with Crippen molar-refractivity contribution in [2.24, 2.45) is 0 Å². The van der Waals surface area contributed by atoms with Gasteiger partial charge in [-0.05, 0) is 30.4 Å². The molecule has 0 amide bonds. The first-order chi connectivity index (χ1) is 9.25. The van der Waals surface area contributed by atoms with E-state index in [-0.39, 0.29) is 6.04 Å². The van der Waals surface area contributed by atoms with E-state index in [2.05, 4.69) is 58.8 Å². The van der Waals surface area contributed by atoms with Gasteiger partial charge < -0.3 is 5.32 Å². The van der Waals surface area contributed by atoms with Gasteiger partial charge in [-0.1, -0.05) is 30.3 Å². The van der Waals surface area contributed by atoms with Gasteiger partial charge in [0.25, 0.3) is 0 Å². The lowest BCUT2D eigenvalue weighted by molar-refractivity contribution is 0.876. The molecule has 1 atom stereocenters. The minimum atomic E-state index is 0.221. The lowest BCUT2D eigenvalue weighted by Crippen LogP contribution is -2.08. The Morgan fingerprint density at radius 3 is 2.74 bits per heavy atom. The summed E-state index contributed by atoms with van der Waals surface area (Å²) in [5.41, 5.74) is 2.48. The van der Waals surface area contributed by atoms with Gasteiger partial charge >= 0.3 is 0 Å². The molecular formula is C15H15N3S. The quantitative estimate of drug-likeness (QED) is 0.775. The normalized spacial score (nSPS) is 12.5. The molecule has 96 valence electrons. The highest BCUT2D eigenvalue weighted by Gasteiger charge is 2.11. The molecule has 0 fully saturated rings. The van der Waals surface area contributed by atoms with Crippen LogP contribution in [0, 0.1) is 6.92 Å². The lowest BCUT2D eigenvalue weighted by Gasteiger charge is -2.15. The Labute approximate surface area is 116 Å². The molecule has 2 heterocycles. The Hall–Kier alpha value is -1.94. The van der Waals surface area contributed by atoms with Crippen molar-refractivity contribution in [3.8, 4) is 0 Å². The van der Waals surface area contributed by atoms with Gasteiger partial charge in [0.05, 0.1) is 5.39 Å². The third-order valence-electron chi connectivity index (χ3n) is 3.21. The van der Waals surface area contributed by atoms with Crippen molar-refractivity contribution in [2.75, 3.05) is 5.32 Å². The molecule has 0 radical (unpaired) electrons. The van der Waals surface area contributed by atoms with E-state index in [1.165, 1.54) is 11.1 Å². The molecule has 0 unspecified atom stereocenters. The van der Waals surface area contributed by atoms with Gasteiger partial charge in [-0.2, -0.15) is 0 Å². The molecule has 0 aliphatic rings. The zero-order valence-corrected chi connectivity index (χ0v) is 11.7. The molecule has 1 aromatic carbocycles. The van der Waals surface area contributed by atoms with E-state index < -0.39 is 0 Å². The first kappa shape index (κ1) is 12.1. The summed E-state index contributed by atoms with van der Waals surface area (Å²) < 4.78 is 0. The van der Waals surface area contributed by atoms with Crippen LogP contribution in [0.4, 0.5) is 5.82 Å². The van der Waals surface area contributed by atoms with Crippen LogP contribution in [0.2, 0.25) is 0 Å². The predicted octanol–water partition coefficient (Wildman–Crippen LogP) is 4.17. The topological polar surface area (TPSA) is 37.8 Å². The molecule has 3 aromatic rings. The van der Waals surface area contributed by atoms with Gasteiger partial charge in [0.1, 0.15) is 17.0 Å². The van der Waals surface area contributed by atoms with E-state index in [0.717, 1.165) is 16.0 Å². The number of thiophene rings is 1. The third-order valence-corrected chi connectivity index (χ3v) is 4.21. The summed E-state index contributed by atoms with van der Waals surface area (Å²) >= 11 is 1.66. The zero-order chi connectivity index (χ0) is 13.2. The van der Waals surface area contributed by atoms with Crippen molar-refractivity contribution in [1.29, 1.82) is 0 Å². The van der Waals surface area contributed by atoms with Crippen LogP contribution in [0.25, 0.3) is 10.2 Å². The second-order valence-corrected chi connectivity index (χ2v) is 5.46. The molecule has 2 aromatic heterocycles. The van der Waals surface area contributed by atoms with Crippen LogP contribution in [-0.4, -0.2) is 9.97 Å². The van der Waals surface area contributed by atoms with Crippen molar-refractivity contribution < 1.29 is 0 Å². The fourth-order valence-electron chi connectivity index (χ4n) is 2.16. The summed E-state index contributed by atoms with van der Waals surface area (Å²) in [6.07, 6.45) is 1.62. The van der Waals surface area contributed by atoms with Crippen LogP contribution in [-0.2, 0) is 0 Å². The van der Waals surface area contributed by atoms with Crippen LogP contribution in [0.3, 0.4) is 0 Å². The molecule has 1 N–H and O–H groups in total. The van der Waals surface area contributed by atoms with Gasteiger partial charge in [0.15, 0.2) is 0 Å². The number of aromatic nitrogens is 2. The molecule has 3 nitrogen and oxygen atoms in total. The minimum Gasteiger partial charge on any atom is -0.363 e. The Morgan fingerprint density at radius 1 is 1.16 bits per heavy atom. The fourth-order valence-corrected chi connectivity index (χ4v) is 3.05. The number of hydrogen-bond donors (Lipinski definition) is 1. The molecule has 0 aliphatic heterocycles. The average molecular weight is 269 g/mol. The number of aryl methyl sites for hydroxylation is 1. The van der Waals surface area contributed by atoms with Gasteiger partial charge in [-0.3, -0.25) is 0 Å². The number of rotatable bonds is 3. The monoisotopic (exact) mass is 269 g/mol. The molecule has 4 heteroatoms. The van der Waals surface area contributed by atoms with Crippen molar-refractivity contribution in [3.63, 3.8) is 0 Å². The summed E-state index contributed by atoms with van der Waals surface area (Å²) in [6.45, 7) is 4.24. The molecular weight excluding hydrogens is 254 g/mol. The van der Waals surface area contributed by atoms with Crippen molar-refractivity contribution >= 4 is 27.4 Å². The maximum Gasteiger partial charge on any atom is 0.138 e. The number of fused-ring (bicyclic) bond motifs is 1. The predicted molar refractivity (Wildman–Crippen MR) is 80.6 cm³/mol. The SMILES string of the molecule is Cc1csc2ncnc(N[C@@H](C)c3ccccc3)c12. The van der Waals surface area contributed by atoms with E-state index in [1.54, 1.807) is 17.7 Å². The number of anilines is 1. The van der Waals surface area contributed by atoms with Crippen molar-refractivity contribution in [2.45, 2.75) is 19.9 Å². The first-order valence-electron chi connectivity index (χ1n) is 6.26. The maximum absolute atomic E-state index is 4.39. The Balaban J connectivity index is 1.95. The van der Waals surface area contributed by atoms with Crippen LogP contribution in [0.1, 0.15) is 24.1 Å². The zero-order valence-electron chi connectivity index (χ0n) is 10.9. The second kappa shape index (κ2) is 4.97. The van der Waals surface area contributed by atoms with Crippen molar-refractivity contribution in [1.82, 2.24) is 9.97 Å². The molecule has 0 saturated carbocycles. The highest BCUT2D eigenvalue weighted by molar-refractivity contribution is 7.17. The number of nitrogens with zero attached hydrogens (tertiary/aromatic N) is 2. The molecule has 0 aliphatic carbocycles. The standard InChI is InChI=1S/C15H15N3S/c1-10-8-19-15-13(10)14(16-9-17-15)18-11(2)12-6-4-3-5-7-12/h3-9,11H,1-2H3,(H,16,17,18)/t11-/m0/s1. The maximum atomic E-state index is 4.39. The highest BCUT2D eigenvalue weighted by Crippen LogP contribution is 2.30. The summed E-state index contributed by atoms with van der Waals surface area (Å²) in [7, 11) is 0. The van der Waals surface area contributed by atoms with Crippen LogP contribution in [0.5, 0.6) is 0 Å². The van der Waals surface area contributed by atoms with Gasteiger partial charge in [-0.25, -0.2) is 9.97 Å². The molecule has 0 saturated heterocycles. The smallest absolute Gasteiger partial charge is 0.138 e. The van der Waals surface area contributed by atoms with E-state index in [9.17, 15) is 0 Å². The summed E-state index contributed by atoms with van der Waals surface area (Å²) in [5, 5.41) is 6.74. The summed E-state index contributed by atoms with van der Waals surface area (Å²) in [6, 6.07) is 10.6. The second-order valence-electron chi connectivity index (χ2n) is 4.60. The van der Waals surface area contributed by atoms with Gasteiger partial charge in [0.2, 0.25) is 0 Å². The Bertz CT molecular complexity index is 691. The first-order valence-corrected chi connectivity index (χ1v) is 7.14. The average Bonchev–Trinajstić information content (AvgIpc) is 2.83.